The van der Waals surface area contributed by atoms with Gasteiger partial charge in [-0.05, 0) is 43.5 Å². The Morgan fingerprint density at radius 1 is 1.06 bits per heavy atom. The van der Waals surface area contributed by atoms with E-state index in [9.17, 15) is 38.2 Å². The summed E-state index contributed by atoms with van der Waals surface area (Å²) in [5.41, 5.74) is -1.77. The number of carbonyl (C=O) groups excluding carboxylic acids is 1. The number of oxime groups is 1. The fraction of sp³-hybridized carbons (Fsp3) is 0.300. The average Bonchev–Trinajstić information content (AvgIpc) is 2.76. The summed E-state index contributed by atoms with van der Waals surface area (Å²) in [5, 5.41) is 26.2. The van der Waals surface area contributed by atoms with Gasteiger partial charge in [-0.1, -0.05) is 17.6 Å². The third-order valence-corrected chi connectivity index (χ3v) is 5.05. The number of rotatable bonds is 5. The highest BCUT2D eigenvalue weighted by molar-refractivity contribution is 5.94. The number of nitrogens with zero attached hydrogens (tertiary/aromatic N) is 3. The van der Waals surface area contributed by atoms with Crippen molar-refractivity contribution in [3.8, 4) is 0 Å². The second-order valence-corrected chi connectivity index (χ2v) is 7.10. The molecule has 0 bridgehead atoms. The lowest BCUT2D eigenvalue weighted by Gasteiger charge is -2.23. The van der Waals surface area contributed by atoms with Gasteiger partial charge in [0, 0.05) is 17.5 Å². The van der Waals surface area contributed by atoms with Crippen LogP contribution in [0.25, 0.3) is 0 Å². The molecule has 1 aliphatic carbocycles. The highest BCUT2D eigenvalue weighted by Crippen LogP contribution is 2.38. The zero-order valence-corrected chi connectivity index (χ0v) is 16.4. The summed E-state index contributed by atoms with van der Waals surface area (Å²) >= 11 is 0. The van der Waals surface area contributed by atoms with Crippen LogP contribution in [0.5, 0.6) is 0 Å². The Balaban J connectivity index is 1.88. The predicted molar refractivity (Wildman–Crippen MR) is 105 cm³/mol. The van der Waals surface area contributed by atoms with E-state index in [1.165, 1.54) is 6.07 Å². The van der Waals surface area contributed by atoms with Gasteiger partial charge in [0.2, 0.25) is 0 Å². The molecule has 2 aromatic carbocycles. The molecule has 12 heteroatoms. The number of carbonyl (C=O) groups is 1. The summed E-state index contributed by atoms with van der Waals surface area (Å²) in [6, 6.07) is 6.94. The standard InChI is InChI=1S/C20H16F3N3O6/c21-20(22,23)13-5-3-4-12(10-13)19(27)32-24-17-7-2-1-6-15(17)16-9-8-14(25(28)29)11-18(16)26(30)31/h3-5,8-11,15H,1-2,6-7H2/b24-17+. The van der Waals surface area contributed by atoms with Gasteiger partial charge in [0.05, 0.1) is 32.8 Å². The van der Waals surface area contributed by atoms with Crippen LogP contribution in [0.1, 0.15) is 53.1 Å². The molecule has 3 rings (SSSR count). The third kappa shape index (κ3) is 5.07. The SMILES string of the molecule is O=C(O/N=C1\CCCCC1c1ccc([N+](=O)[O-])cc1[N+](=O)[O-])c1cccc(C(F)(F)F)c1. The second-order valence-electron chi connectivity index (χ2n) is 7.10. The molecule has 32 heavy (non-hydrogen) atoms. The first-order chi connectivity index (χ1) is 15.1. The van der Waals surface area contributed by atoms with Crippen molar-refractivity contribution in [1.82, 2.24) is 0 Å². The van der Waals surface area contributed by atoms with E-state index in [0.29, 0.717) is 37.5 Å². The Morgan fingerprint density at radius 2 is 1.81 bits per heavy atom. The van der Waals surface area contributed by atoms with Crippen molar-refractivity contribution in [2.45, 2.75) is 37.8 Å². The van der Waals surface area contributed by atoms with Crippen LogP contribution in [0.2, 0.25) is 0 Å². The third-order valence-electron chi connectivity index (χ3n) is 5.05. The van der Waals surface area contributed by atoms with Crippen molar-refractivity contribution < 1.29 is 32.6 Å². The molecule has 2 aromatic rings. The van der Waals surface area contributed by atoms with Gasteiger partial charge in [-0.3, -0.25) is 20.2 Å². The van der Waals surface area contributed by atoms with Crippen molar-refractivity contribution in [1.29, 1.82) is 0 Å². The number of hydrogen-bond acceptors (Lipinski definition) is 7. The van der Waals surface area contributed by atoms with E-state index in [1.54, 1.807) is 0 Å². The fourth-order valence-corrected chi connectivity index (χ4v) is 3.51. The Hall–Kier alpha value is -3.83. The predicted octanol–water partition coefficient (Wildman–Crippen LogP) is 5.39. The van der Waals surface area contributed by atoms with Gasteiger partial charge < -0.3 is 4.84 Å². The fourth-order valence-electron chi connectivity index (χ4n) is 3.51. The zero-order valence-electron chi connectivity index (χ0n) is 16.4. The molecular weight excluding hydrogens is 435 g/mol. The number of nitro benzene ring substituents is 2. The first-order valence-corrected chi connectivity index (χ1v) is 9.46. The summed E-state index contributed by atoms with van der Waals surface area (Å²) in [4.78, 5) is 38.0. The Morgan fingerprint density at radius 3 is 2.47 bits per heavy atom. The lowest BCUT2D eigenvalue weighted by Crippen LogP contribution is -2.20. The molecule has 0 heterocycles. The minimum absolute atomic E-state index is 0.189. The Labute approximate surface area is 178 Å². The van der Waals surface area contributed by atoms with Crippen molar-refractivity contribution in [3.63, 3.8) is 0 Å². The normalized spacial score (nSPS) is 17.7. The maximum Gasteiger partial charge on any atom is 0.416 e. The van der Waals surface area contributed by atoms with E-state index in [4.69, 9.17) is 4.84 Å². The Kier molecular flexibility index (Phi) is 6.51. The number of hydrogen-bond donors (Lipinski definition) is 0. The smallest absolute Gasteiger partial charge is 0.313 e. The van der Waals surface area contributed by atoms with Crippen molar-refractivity contribution >= 4 is 23.1 Å². The van der Waals surface area contributed by atoms with Crippen molar-refractivity contribution in [2.24, 2.45) is 5.16 Å². The van der Waals surface area contributed by atoms with Crippen LogP contribution >= 0.6 is 0 Å². The van der Waals surface area contributed by atoms with Gasteiger partial charge in [-0.2, -0.15) is 13.2 Å². The molecule has 0 N–H and O–H groups in total. The Bertz CT molecular complexity index is 1100. The highest BCUT2D eigenvalue weighted by atomic mass is 19.4. The molecule has 1 unspecified atom stereocenters. The van der Waals surface area contributed by atoms with Crippen LogP contribution in [-0.4, -0.2) is 21.5 Å². The number of non-ortho nitro benzene ring substituents is 1. The molecule has 0 amide bonds. The maximum atomic E-state index is 12.9. The quantitative estimate of drug-likeness (QED) is 0.341. The van der Waals surface area contributed by atoms with Gasteiger partial charge >= 0.3 is 12.1 Å². The molecule has 1 saturated carbocycles. The first-order valence-electron chi connectivity index (χ1n) is 9.46. The molecule has 168 valence electrons. The lowest BCUT2D eigenvalue weighted by atomic mass is 9.81. The molecule has 0 spiro atoms. The largest absolute Gasteiger partial charge is 0.416 e. The van der Waals surface area contributed by atoms with E-state index in [0.717, 1.165) is 30.3 Å². The van der Waals surface area contributed by atoms with Crippen LogP contribution < -0.4 is 0 Å². The molecular formula is C20H16F3N3O6. The minimum atomic E-state index is -4.63. The van der Waals surface area contributed by atoms with E-state index < -0.39 is 44.8 Å². The monoisotopic (exact) mass is 451 g/mol. The van der Waals surface area contributed by atoms with Gasteiger partial charge in [0.15, 0.2) is 0 Å². The summed E-state index contributed by atoms with van der Waals surface area (Å²) in [7, 11) is 0. The topological polar surface area (TPSA) is 125 Å². The first kappa shape index (κ1) is 22.8. The molecule has 0 aliphatic heterocycles. The molecule has 1 atom stereocenters. The van der Waals surface area contributed by atoms with E-state index in [1.807, 2.05) is 0 Å². The molecule has 1 aliphatic rings. The van der Waals surface area contributed by atoms with Crippen molar-refractivity contribution in [3.05, 3.63) is 79.4 Å². The van der Waals surface area contributed by atoms with Gasteiger partial charge in [0.1, 0.15) is 0 Å². The van der Waals surface area contributed by atoms with Gasteiger partial charge in [-0.15, -0.1) is 0 Å². The summed E-state index contributed by atoms with van der Waals surface area (Å²) in [6.45, 7) is 0. The highest BCUT2D eigenvalue weighted by Gasteiger charge is 2.32. The van der Waals surface area contributed by atoms with Crippen LogP contribution in [-0.2, 0) is 11.0 Å². The van der Waals surface area contributed by atoms with E-state index in [2.05, 4.69) is 5.16 Å². The minimum Gasteiger partial charge on any atom is -0.313 e. The van der Waals surface area contributed by atoms with Gasteiger partial charge in [-0.25, -0.2) is 4.79 Å². The van der Waals surface area contributed by atoms with Crippen LogP contribution in [0, 0.1) is 20.2 Å². The number of nitro groups is 2. The number of benzene rings is 2. The van der Waals surface area contributed by atoms with Crippen LogP contribution in [0.3, 0.4) is 0 Å². The van der Waals surface area contributed by atoms with Crippen molar-refractivity contribution in [2.75, 3.05) is 0 Å². The zero-order chi connectivity index (χ0) is 23.5. The summed E-state index contributed by atoms with van der Waals surface area (Å²) in [6.07, 6.45) is -2.50. The number of alkyl halides is 3. The number of halogens is 3. The maximum absolute atomic E-state index is 12.9. The van der Waals surface area contributed by atoms with Crippen LogP contribution in [0.15, 0.2) is 47.6 Å². The van der Waals surface area contributed by atoms with Crippen LogP contribution in [0.4, 0.5) is 24.5 Å². The van der Waals surface area contributed by atoms with Gasteiger partial charge in [0.25, 0.3) is 11.4 Å². The molecule has 1 fully saturated rings. The second kappa shape index (κ2) is 9.12. The van der Waals surface area contributed by atoms with E-state index in [-0.39, 0.29) is 11.1 Å². The molecule has 0 aromatic heterocycles. The average molecular weight is 451 g/mol. The van der Waals surface area contributed by atoms with E-state index >= 15 is 0 Å². The molecule has 0 radical (unpaired) electrons. The molecule has 9 nitrogen and oxygen atoms in total. The lowest BCUT2D eigenvalue weighted by molar-refractivity contribution is -0.394. The summed E-state index contributed by atoms with van der Waals surface area (Å²) in [5.74, 6) is -1.73. The summed E-state index contributed by atoms with van der Waals surface area (Å²) < 4.78 is 38.6. The molecule has 0 saturated heterocycles.